The van der Waals surface area contributed by atoms with Crippen molar-refractivity contribution in [2.75, 3.05) is 7.04 Å². The van der Waals surface area contributed by atoms with Gasteiger partial charge < -0.3 is 10.5 Å². The van der Waals surface area contributed by atoms with Gasteiger partial charge >= 0.3 is 0 Å². The lowest BCUT2D eigenvalue weighted by Gasteiger charge is -2.39. The fourth-order valence-corrected chi connectivity index (χ4v) is 3.26. The van der Waals surface area contributed by atoms with Crippen LogP contribution in [0.25, 0.3) is 0 Å². The molecule has 0 radical (unpaired) electrons. The molecule has 0 fully saturated rings. The number of pyridine rings is 1. The first-order chi connectivity index (χ1) is 14.7. The molecule has 2 N–H and O–H groups in total. The van der Waals surface area contributed by atoms with Crippen LogP contribution in [0.4, 0.5) is 13.2 Å². The van der Waals surface area contributed by atoms with Gasteiger partial charge in [-0.05, 0) is 43.7 Å². The van der Waals surface area contributed by atoms with Gasteiger partial charge in [0, 0.05) is 18.4 Å². The first-order valence-corrected chi connectivity index (χ1v) is 8.87. The normalized spacial score (nSPS) is 28.7. The van der Waals surface area contributed by atoms with E-state index in [9.17, 15) is 18.0 Å². The number of Topliss-reactive ketones (excluding diaryl/α,β-unsaturated/α-hetero) is 1. The Balaban J connectivity index is 1.85. The number of halogens is 3. The number of ketones is 1. The summed E-state index contributed by atoms with van der Waals surface area (Å²) in [5.41, 5.74) is 2.05. The summed E-state index contributed by atoms with van der Waals surface area (Å²) in [5.74, 6) is -1.64. The molecule has 0 saturated carbocycles. The quantitative estimate of drug-likeness (QED) is 0.766. The van der Waals surface area contributed by atoms with Crippen molar-refractivity contribution in [3.63, 3.8) is 0 Å². The van der Waals surface area contributed by atoms with Crippen molar-refractivity contribution >= 4 is 11.6 Å². The van der Waals surface area contributed by atoms with Crippen LogP contribution in [0.1, 0.15) is 46.0 Å². The minimum Gasteiger partial charge on any atom is -0.495 e. The van der Waals surface area contributed by atoms with Crippen molar-refractivity contribution in [3.05, 3.63) is 59.2 Å². The Hall–Kier alpha value is -2.90. The highest BCUT2D eigenvalue weighted by molar-refractivity contribution is 5.95. The first-order valence-electron chi connectivity index (χ1n) is 10.4. The van der Waals surface area contributed by atoms with Crippen molar-refractivity contribution in [1.82, 2.24) is 4.98 Å². The van der Waals surface area contributed by atoms with Crippen LogP contribution in [0.3, 0.4) is 0 Å². The third kappa shape index (κ3) is 3.97. The van der Waals surface area contributed by atoms with Gasteiger partial charge in [0.2, 0.25) is 0 Å². The zero-order valence-electron chi connectivity index (χ0n) is 18.9. The first kappa shape index (κ1) is 17.0. The number of nitrogens with two attached hydrogens (primary N) is 1. The molecule has 1 aromatic heterocycles. The lowest BCUT2D eigenvalue weighted by atomic mass is 9.78. The van der Waals surface area contributed by atoms with E-state index in [4.69, 9.17) is 14.6 Å². The maximum Gasteiger partial charge on any atom is 0.185 e. The van der Waals surface area contributed by atoms with Crippen LogP contribution in [0.2, 0.25) is 0 Å². The highest BCUT2D eigenvalue weighted by Gasteiger charge is 2.49. The second kappa shape index (κ2) is 7.50. The van der Waals surface area contributed by atoms with Crippen LogP contribution >= 0.6 is 0 Å². The molecule has 2 heterocycles. The molecular formula is C21H22F3N3O2. The maximum atomic E-state index is 14.9. The van der Waals surface area contributed by atoms with Gasteiger partial charge in [-0.15, -0.1) is 0 Å². The number of aromatic nitrogens is 1. The molecule has 1 aliphatic heterocycles. The largest absolute Gasteiger partial charge is 0.495 e. The number of nitrogens with zero attached hydrogens (tertiary/aromatic N) is 2. The summed E-state index contributed by atoms with van der Waals surface area (Å²) in [6.45, 7) is 2.44. The average molecular weight is 408 g/mol. The summed E-state index contributed by atoms with van der Waals surface area (Å²) >= 11 is 0. The van der Waals surface area contributed by atoms with Crippen LogP contribution in [-0.4, -0.2) is 35.5 Å². The lowest BCUT2D eigenvalue weighted by molar-refractivity contribution is 0.0988. The number of hydrogen-bond acceptors (Lipinski definition) is 5. The molecule has 0 bridgehead atoms. The molecule has 3 rings (SSSR count). The van der Waals surface area contributed by atoms with E-state index in [-0.39, 0.29) is 23.4 Å². The van der Waals surface area contributed by atoms with Crippen LogP contribution in [0.5, 0.6) is 5.75 Å². The van der Waals surface area contributed by atoms with Crippen LogP contribution in [-0.2, 0) is 12.0 Å². The molecule has 154 valence electrons. The van der Waals surface area contributed by atoms with Gasteiger partial charge in [0.25, 0.3) is 0 Å². The minimum absolute atomic E-state index is 0.0276. The van der Waals surface area contributed by atoms with Crippen molar-refractivity contribution in [2.24, 2.45) is 10.7 Å². The Morgan fingerprint density at radius 2 is 2.14 bits per heavy atom. The zero-order valence-corrected chi connectivity index (χ0v) is 15.9. The number of amidine groups is 1. The molecule has 1 aliphatic rings. The molecular weight excluding hydrogens is 383 g/mol. The number of alkyl halides is 2. The van der Waals surface area contributed by atoms with Gasteiger partial charge in [-0.1, -0.05) is 6.07 Å². The van der Waals surface area contributed by atoms with Gasteiger partial charge in [0.1, 0.15) is 34.8 Å². The summed E-state index contributed by atoms with van der Waals surface area (Å²) in [7, 11) is -2.65. The lowest BCUT2D eigenvalue weighted by Crippen LogP contribution is -2.51. The Labute approximate surface area is 171 Å². The fraction of sp³-hybridized carbons (Fsp3) is 0.381. The monoisotopic (exact) mass is 408 g/mol. The summed E-state index contributed by atoms with van der Waals surface area (Å²) in [6.07, 6.45) is -1.49. The van der Waals surface area contributed by atoms with Crippen LogP contribution in [0.15, 0.2) is 41.5 Å². The summed E-state index contributed by atoms with van der Waals surface area (Å²) in [5, 5.41) is 0. The molecule has 3 atom stereocenters. The third-order valence-corrected chi connectivity index (χ3v) is 5.14. The number of hydrogen-bond donors (Lipinski definition) is 1. The van der Waals surface area contributed by atoms with Crippen molar-refractivity contribution in [3.8, 4) is 5.75 Å². The predicted molar refractivity (Wildman–Crippen MR) is 103 cm³/mol. The SMILES string of the molecule is [2H]C([2H])([2H])Oc1ccc(C(=O)Cc2ccc(F)c([C@@]3(C)N=C(N)[C@](C)(F)C[C@@H]3F)c2)nc1. The minimum atomic E-state index is -2.65. The summed E-state index contributed by atoms with van der Waals surface area (Å²) < 4.78 is 69.7. The Bertz CT molecular complexity index is 1060. The number of ether oxygens (including phenoxy) is 1. The van der Waals surface area contributed by atoms with Crippen molar-refractivity contribution < 1.29 is 26.8 Å². The third-order valence-electron chi connectivity index (χ3n) is 5.14. The second-order valence-corrected chi connectivity index (χ2v) is 7.41. The van der Waals surface area contributed by atoms with E-state index in [1.807, 2.05) is 0 Å². The van der Waals surface area contributed by atoms with Gasteiger partial charge in [-0.25, -0.2) is 18.2 Å². The standard InChI is InChI=1S/C21H22F3N3O2/c1-20(24)10-18(23)21(2,27-19(20)25)14-8-12(4-6-15(14)22)9-17(28)16-7-5-13(29-3)11-26-16/h4-8,11,18H,9-10H2,1-3H3,(H2,25,27)/t18-,20+,21+/m0/s1/i3D3. The molecule has 0 unspecified atom stereocenters. The number of rotatable bonds is 5. The molecule has 0 saturated heterocycles. The van der Waals surface area contributed by atoms with E-state index in [0.29, 0.717) is 5.56 Å². The number of methoxy groups -OCH3 is 1. The molecule has 0 spiro atoms. The molecule has 0 amide bonds. The van der Waals surface area contributed by atoms with E-state index in [2.05, 4.69) is 9.98 Å². The zero-order chi connectivity index (χ0) is 23.9. The van der Waals surface area contributed by atoms with Gasteiger partial charge in [0.05, 0.1) is 17.3 Å². The Kier molecular flexibility index (Phi) is 4.39. The highest BCUT2D eigenvalue weighted by atomic mass is 19.2. The molecule has 0 aliphatic carbocycles. The second-order valence-electron chi connectivity index (χ2n) is 7.41. The van der Waals surface area contributed by atoms with E-state index < -0.39 is 48.3 Å². The van der Waals surface area contributed by atoms with Crippen LogP contribution in [0, 0.1) is 5.82 Å². The number of aliphatic imine (C=N–C) groups is 1. The molecule has 5 nitrogen and oxygen atoms in total. The summed E-state index contributed by atoms with van der Waals surface area (Å²) in [6, 6.07) is 6.37. The maximum absolute atomic E-state index is 14.9. The van der Waals surface area contributed by atoms with Gasteiger partial charge in [-0.2, -0.15) is 0 Å². The molecule has 8 heteroatoms. The van der Waals surface area contributed by atoms with Crippen LogP contribution < -0.4 is 10.5 Å². The predicted octanol–water partition coefficient (Wildman–Crippen LogP) is 3.70. The van der Waals surface area contributed by atoms with E-state index in [1.54, 1.807) is 0 Å². The van der Waals surface area contributed by atoms with E-state index in [0.717, 1.165) is 19.2 Å². The molecule has 1 aromatic carbocycles. The fourth-order valence-electron chi connectivity index (χ4n) is 3.26. The Morgan fingerprint density at radius 3 is 2.79 bits per heavy atom. The summed E-state index contributed by atoms with van der Waals surface area (Å²) in [4.78, 5) is 20.4. The van der Waals surface area contributed by atoms with Gasteiger partial charge in [0.15, 0.2) is 11.5 Å². The number of carbonyl (C=O) groups is 1. The highest BCUT2D eigenvalue weighted by Crippen LogP contribution is 2.42. The number of carbonyl (C=O) groups excluding carboxylic acids is 1. The number of benzene rings is 1. The molecule has 29 heavy (non-hydrogen) atoms. The van der Waals surface area contributed by atoms with E-state index in [1.165, 1.54) is 31.2 Å². The van der Waals surface area contributed by atoms with E-state index >= 15 is 0 Å². The molecule has 2 aromatic rings. The van der Waals surface area contributed by atoms with Crippen molar-refractivity contribution in [1.29, 1.82) is 0 Å². The topological polar surface area (TPSA) is 77.6 Å². The Morgan fingerprint density at radius 1 is 1.38 bits per heavy atom. The van der Waals surface area contributed by atoms with Gasteiger partial charge in [-0.3, -0.25) is 9.79 Å². The average Bonchev–Trinajstić information content (AvgIpc) is 2.67. The van der Waals surface area contributed by atoms with Crippen molar-refractivity contribution in [2.45, 2.75) is 44.1 Å². The smallest absolute Gasteiger partial charge is 0.185 e.